The number of aryl methyl sites for hydroxylation is 1. The second-order valence-electron chi connectivity index (χ2n) is 6.90. The summed E-state index contributed by atoms with van der Waals surface area (Å²) in [4.78, 5) is 18.9. The van der Waals surface area contributed by atoms with Crippen LogP contribution in [-0.4, -0.2) is 36.9 Å². The molecular formula is C19H19N5O2S3. The number of nitrogens with zero attached hydrogens (tertiary/aromatic N) is 5. The first-order valence-electron chi connectivity index (χ1n) is 9.37. The van der Waals surface area contributed by atoms with Crippen molar-refractivity contribution >= 4 is 39.4 Å². The molecular weight excluding hydrogens is 426 g/mol. The second-order valence-corrected chi connectivity index (χ2v) is 9.63. The van der Waals surface area contributed by atoms with Gasteiger partial charge in [-0.25, -0.2) is 4.98 Å². The molecule has 0 bridgehead atoms. The highest BCUT2D eigenvalue weighted by Gasteiger charge is 2.22. The topological polar surface area (TPSA) is 74.3 Å². The van der Waals surface area contributed by atoms with Gasteiger partial charge in [-0.15, -0.1) is 32.9 Å². The van der Waals surface area contributed by atoms with Crippen molar-refractivity contribution in [2.75, 3.05) is 6.61 Å². The summed E-state index contributed by atoms with van der Waals surface area (Å²) in [5.41, 5.74) is 1.63. The quantitative estimate of drug-likeness (QED) is 0.420. The zero-order valence-electron chi connectivity index (χ0n) is 15.8. The van der Waals surface area contributed by atoms with Crippen LogP contribution in [0.25, 0.3) is 15.7 Å². The minimum Gasteiger partial charge on any atom is -0.376 e. The number of hydrogen-bond acceptors (Lipinski definition) is 8. The van der Waals surface area contributed by atoms with Crippen LogP contribution in [0.5, 0.6) is 0 Å². The van der Waals surface area contributed by atoms with E-state index in [1.165, 1.54) is 11.3 Å². The van der Waals surface area contributed by atoms with Crippen LogP contribution in [0.2, 0.25) is 0 Å². The fourth-order valence-electron chi connectivity index (χ4n) is 3.45. The Hall–Kier alpha value is -2.01. The van der Waals surface area contributed by atoms with Gasteiger partial charge < -0.3 is 4.74 Å². The minimum atomic E-state index is -0.0375. The van der Waals surface area contributed by atoms with Crippen LogP contribution in [0.3, 0.4) is 0 Å². The van der Waals surface area contributed by atoms with E-state index >= 15 is 0 Å². The van der Waals surface area contributed by atoms with Gasteiger partial charge in [-0.3, -0.25) is 13.8 Å². The van der Waals surface area contributed by atoms with Crippen molar-refractivity contribution in [2.24, 2.45) is 0 Å². The van der Waals surface area contributed by atoms with Gasteiger partial charge in [-0.2, -0.15) is 0 Å². The molecule has 1 saturated heterocycles. The number of rotatable bonds is 6. The van der Waals surface area contributed by atoms with Crippen LogP contribution in [0.15, 0.2) is 38.9 Å². The summed E-state index contributed by atoms with van der Waals surface area (Å²) in [5.74, 6) is 1.44. The minimum absolute atomic E-state index is 0.0375. The molecule has 0 N–H and O–H groups in total. The van der Waals surface area contributed by atoms with E-state index in [0.29, 0.717) is 5.75 Å². The Morgan fingerprint density at radius 3 is 3.07 bits per heavy atom. The molecule has 150 valence electrons. The predicted octanol–water partition coefficient (Wildman–Crippen LogP) is 3.86. The molecule has 0 saturated carbocycles. The molecule has 1 atom stereocenters. The van der Waals surface area contributed by atoms with Crippen molar-refractivity contribution in [1.82, 2.24) is 24.1 Å². The molecule has 29 heavy (non-hydrogen) atoms. The molecule has 0 spiro atoms. The van der Waals surface area contributed by atoms with E-state index in [1.54, 1.807) is 33.6 Å². The first-order valence-corrected chi connectivity index (χ1v) is 12.1. The summed E-state index contributed by atoms with van der Waals surface area (Å²) >= 11 is 4.70. The lowest BCUT2D eigenvalue weighted by Crippen LogP contribution is -2.17. The zero-order chi connectivity index (χ0) is 19.8. The SMILES string of the molecule is Cc1csc2nc(CSc3nnc(-c4cccs4)n3CC3CCCO3)cc(=O)n12. The fraction of sp³-hybridized carbons (Fsp3) is 0.368. The summed E-state index contributed by atoms with van der Waals surface area (Å²) < 4.78 is 9.64. The first-order chi connectivity index (χ1) is 14.2. The van der Waals surface area contributed by atoms with Gasteiger partial charge in [0.1, 0.15) is 0 Å². The summed E-state index contributed by atoms with van der Waals surface area (Å²) in [6.45, 7) is 3.47. The Bertz CT molecular complexity index is 1190. The predicted molar refractivity (Wildman–Crippen MR) is 116 cm³/mol. The van der Waals surface area contributed by atoms with Crippen molar-refractivity contribution in [2.45, 2.75) is 43.3 Å². The van der Waals surface area contributed by atoms with Gasteiger partial charge in [0.15, 0.2) is 15.9 Å². The summed E-state index contributed by atoms with van der Waals surface area (Å²) in [7, 11) is 0. The highest BCUT2D eigenvalue weighted by Crippen LogP contribution is 2.30. The normalized spacial score (nSPS) is 16.8. The van der Waals surface area contributed by atoms with Crippen LogP contribution in [0.1, 0.15) is 24.2 Å². The van der Waals surface area contributed by atoms with Crippen molar-refractivity contribution in [1.29, 1.82) is 0 Å². The molecule has 7 nitrogen and oxygen atoms in total. The molecule has 1 unspecified atom stereocenters. The van der Waals surface area contributed by atoms with E-state index in [0.717, 1.165) is 58.2 Å². The maximum Gasteiger partial charge on any atom is 0.258 e. The molecule has 0 aliphatic carbocycles. The number of hydrogen-bond donors (Lipinski definition) is 0. The third-order valence-electron chi connectivity index (χ3n) is 4.85. The van der Waals surface area contributed by atoms with Crippen molar-refractivity contribution < 1.29 is 4.74 Å². The molecule has 5 rings (SSSR count). The first kappa shape index (κ1) is 19.0. The molecule has 1 aliphatic rings. The van der Waals surface area contributed by atoms with E-state index in [1.807, 2.05) is 23.8 Å². The second kappa shape index (κ2) is 8.02. The molecule has 4 aromatic rings. The van der Waals surface area contributed by atoms with E-state index in [-0.39, 0.29) is 11.7 Å². The largest absolute Gasteiger partial charge is 0.376 e. The standard InChI is InChI=1S/C19H19N5O2S3/c1-12-10-28-18-20-13(8-16(25)24(12)18)11-29-19-22-21-17(15-5-3-7-27-15)23(19)9-14-4-2-6-26-14/h3,5,7-8,10,14H,2,4,6,9,11H2,1H3. The Morgan fingerprint density at radius 2 is 2.28 bits per heavy atom. The Labute approximate surface area is 179 Å². The number of fused-ring (bicyclic) bond motifs is 1. The van der Waals surface area contributed by atoms with E-state index in [9.17, 15) is 4.79 Å². The lowest BCUT2D eigenvalue weighted by atomic mass is 10.2. The van der Waals surface area contributed by atoms with Gasteiger partial charge in [0.05, 0.1) is 23.2 Å². The molecule has 1 fully saturated rings. The Kier molecular flexibility index (Phi) is 5.25. The van der Waals surface area contributed by atoms with Crippen molar-refractivity contribution in [3.8, 4) is 10.7 Å². The monoisotopic (exact) mass is 445 g/mol. The number of thiophene rings is 1. The van der Waals surface area contributed by atoms with Gasteiger partial charge >= 0.3 is 0 Å². The third kappa shape index (κ3) is 3.77. The molecule has 0 amide bonds. The number of ether oxygens (including phenoxy) is 1. The van der Waals surface area contributed by atoms with Gasteiger partial charge in [0.2, 0.25) is 0 Å². The fourth-order valence-corrected chi connectivity index (χ4v) is 5.90. The van der Waals surface area contributed by atoms with Gasteiger partial charge in [-0.1, -0.05) is 17.8 Å². The van der Waals surface area contributed by atoms with E-state index < -0.39 is 0 Å². The average Bonchev–Trinajstić information content (AvgIpc) is 3.49. The summed E-state index contributed by atoms with van der Waals surface area (Å²) in [5, 5.41) is 13.7. The third-order valence-corrected chi connectivity index (χ3v) is 7.66. The molecule has 5 heterocycles. The van der Waals surface area contributed by atoms with Gasteiger partial charge in [0.25, 0.3) is 5.56 Å². The average molecular weight is 446 g/mol. The number of thiazole rings is 1. The number of aromatic nitrogens is 5. The summed E-state index contributed by atoms with van der Waals surface area (Å²) in [6, 6.07) is 5.69. The molecule has 0 aromatic carbocycles. The zero-order valence-corrected chi connectivity index (χ0v) is 18.2. The Balaban J connectivity index is 1.42. The highest BCUT2D eigenvalue weighted by molar-refractivity contribution is 7.98. The van der Waals surface area contributed by atoms with Crippen LogP contribution < -0.4 is 5.56 Å². The van der Waals surface area contributed by atoms with Crippen LogP contribution >= 0.6 is 34.4 Å². The van der Waals surface area contributed by atoms with E-state index in [4.69, 9.17) is 4.74 Å². The molecule has 1 aliphatic heterocycles. The maximum absolute atomic E-state index is 12.4. The van der Waals surface area contributed by atoms with Gasteiger partial charge in [-0.05, 0) is 31.2 Å². The highest BCUT2D eigenvalue weighted by atomic mass is 32.2. The lowest BCUT2D eigenvalue weighted by Gasteiger charge is -2.14. The molecule has 0 radical (unpaired) electrons. The van der Waals surface area contributed by atoms with Crippen LogP contribution in [0.4, 0.5) is 0 Å². The summed E-state index contributed by atoms with van der Waals surface area (Å²) in [6.07, 6.45) is 2.34. The molecule has 4 aromatic heterocycles. The van der Waals surface area contributed by atoms with Crippen molar-refractivity contribution in [3.63, 3.8) is 0 Å². The number of thioether (sulfide) groups is 1. The van der Waals surface area contributed by atoms with E-state index in [2.05, 4.69) is 25.8 Å². The van der Waals surface area contributed by atoms with Gasteiger partial charge in [0, 0.05) is 29.5 Å². The van der Waals surface area contributed by atoms with Crippen LogP contribution in [-0.2, 0) is 17.0 Å². The van der Waals surface area contributed by atoms with Crippen LogP contribution in [0, 0.1) is 6.92 Å². The lowest BCUT2D eigenvalue weighted by molar-refractivity contribution is 0.0953. The Morgan fingerprint density at radius 1 is 1.34 bits per heavy atom. The maximum atomic E-state index is 12.4. The smallest absolute Gasteiger partial charge is 0.258 e. The van der Waals surface area contributed by atoms with Crippen molar-refractivity contribution in [3.05, 3.63) is 50.7 Å². The molecule has 10 heteroatoms.